The summed E-state index contributed by atoms with van der Waals surface area (Å²) in [5.74, 6) is -0.139. The van der Waals surface area contributed by atoms with E-state index in [-0.39, 0.29) is 24.8 Å². The highest BCUT2D eigenvalue weighted by atomic mass is 19.4. The predicted octanol–water partition coefficient (Wildman–Crippen LogP) is 3.37. The van der Waals surface area contributed by atoms with Crippen LogP contribution < -0.4 is 10.1 Å². The SMILES string of the molecule is Cn1c(C(=O)NCC(O)COc2ccc(C(F)(F)F)cc2)cc2ccccc21. The van der Waals surface area contributed by atoms with Crippen LogP contribution in [0.3, 0.4) is 0 Å². The van der Waals surface area contributed by atoms with Gasteiger partial charge >= 0.3 is 6.18 Å². The first kappa shape index (κ1) is 19.8. The number of aryl methyl sites for hydroxylation is 1. The molecule has 2 N–H and O–H groups in total. The van der Waals surface area contributed by atoms with Gasteiger partial charge in [0, 0.05) is 24.5 Å². The second kappa shape index (κ2) is 7.93. The summed E-state index contributed by atoms with van der Waals surface area (Å²) >= 11 is 0. The van der Waals surface area contributed by atoms with Crippen LogP contribution in [0.5, 0.6) is 5.75 Å². The fourth-order valence-electron chi connectivity index (χ4n) is 2.80. The van der Waals surface area contributed by atoms with Gasteiger partial charge in [-0.3, -0.25) is 4.79 Å². The van der Waals surface area contributed by atoms with Crippen molar-refractivity contribution < 1.29 is 27.8 Å². The van der Waals surface area contributed by atoms with Crippen molar-refractivity contribution in [2.45, 2.75) is 12.3 Å². The summed E-state index contributed by atoms with van der Waals surface area (Å²) < 4.78 is 44.6. The molecule has 0 bridgehead atoms. The number of para-hydroxylation sites is 1. The first-order valence-electron chi connectivity index (χ1n) is 8.56. The second-order valence-corrected chi connectivity index (χ2v) is 6.34. The van der Waals surface area contributed by atoms with Crippen molar-refractivity contribution in [2.24, 2.45) is 7.05 Å². The molecule has 0 aliphatic rings. The van der Waals surface area contributed by atoms with Crippen molar-refractivity contribution >= 4 is 16.8 Å². The van der Waals surface area contributed by atoms with Gasteiger partial charge in [0.05, 0.1) is 5.56 Å². The molecular weight excluding hydrogens is 373 g/mol. The smallest absolute Gasteiger partial charge is 0.416 e. The van der Waals surface area contributed by atoms with Crippen molar-refractivity contribution in [2.75, 3.05) is 13.2 Å². The number of halogens is 3. The van der Waals surface area contributed by atoms with Crippen molar-refractivity contribution in [3.8, 4) is 5.75 Å². The third-order valence-electron chi connectivity index (χ3n) is 4.31. The Hall–Kier alpha value is -3.00. The van der Waals surface area contributed by atoms with Crippen LogP contribution in [0.1, 0.15) is 16.1 Å². The highest BCUT2D eigenvalue weighted by Gasteiger charge is 2.30. The third-order valence-corrected chi connectivity index (χ3v) is 4.31. The number of nitrogens with one attached hydrogen (secondary N) is 1. The Labute approximate surface area is 159 Å². The molecule has 0 saturated heterocycles. The number of nitrogens with zero attached hydrogens (tertiary/aromatic N) is 1. The highest BCUT2D eigenvalue weighted by molar-refractivity contribution is 5.98. The maximum Gasteiger partial charge on any atom is 0.416 e. The maximum absolute atomic E-state index is 12.5. The molecule has 1 aromatic heterocycles. The van der Waals surface area contributed by atoms with Gasteiger partial charge < -0.3 is 19.7 Å². The normalized spacial score (nSPS) is 12.8. The monoisotopic (exact) mass is 392 g/mol. The number of hydrogen-bond acceptors (Lipinski definition) is 3. The number of benzene rings is 2. The number of carbonyl (C=O) groups is 1. The summed E-state index contributed by atoms with van der Waals surface area (Å²) in [6, 6.07) is 13.5. The van der Waals surface area contributed by atoms with Gasteiger partial charge in [-0.1, -0.05) is 18.2 Å². The van der Waals surface area contributed by atoms with Crippen molar-refractivity contribution in [3.05, 3.63) is 65.9 Å². The largest absolute Gasteiger partial charge is 0.491 e. The lowest BCUT2D eigenvalue weighted by Gasteiger charge is -2.14. The molecule has 0 aliphatic heterocycles. The molecule has 2 aromatic carbocycles. The van der Waals surface area contributed by atoms with Crippen molar-refractivity contribution in [1.82, 2.24) is 9.88 Å². The van der Waals surface area contributed by atoms with Crippen LogP contribution in [-0.2, 0) is 13.2 Å². The summed E-state index contributed by atoms with van der Waals surface area (Å²) in [4.78, 5) is 12.4. The Morgan fingerprint density at radius 1 is 1.18 bits per heavy atom. The summed E-state index contributed by atoms with van der Waals surface area (Å²) in [5.41, 5.74) is 0.596. The molecule has 1 amide bonds. The zero-order valence-corrected chi connectivity index (χ0v) is 15.0. The van der Waals surface area contributed by atoms with Crippen LogP contribution in [-0.4, -0.2) is 34.8 Å². The molecule has 3 rings (SSSR count). The Morgan fingerprint density at radius 3 is 2.50 bits per heavy atom. The van der Waals surface area contributed by atoms with Crippen LogP contribution in [0.4, 0.5) is 13.2 Å². The quantitative estimate of drug-likeness (QED) is 0.676. The summed E-state index contributed by atoms with van der Waals surface area (Å²) in [6.45, 7) is -0.220. The molecule has 0 saturated carbocycles. The van der Waals surface area contributed by atoms with E-state index < -0.39 is 17.8 Å². The van der Waals surface area contributed by atoms with E-state index in [9.17, 15) is 23.1 Å². The highest BCUT2D eigenvalue weighted by Crippen LogP contribution is 2.30. The fraction of sp³-hybridized carbons (Fsp3) is 0.250. The number of alkyl halides is 3. The summed E-state index contributed by atoms with van der Waals surface area (Å²) in [5, 5.41) is 13.5. The molecular formula is C20H19F3N2O3. The molecule has 8 heteroatoms. The molecule has 1 atom stereocenters. The molecule has 0 fully saturated rings. The average Bonchev–Trinajstić information content (AvgIpc) is 3.01. The Kier molecular flexibility index (Phi) is 5.60. The molecule has 0 spiro atoms. The van der Waals surface area contributed by atoms with Crippen LogP contribution in [0.2, 0.25) is 0 Å². The van der Waals surface area contributed by atoms with Gasteiger partial charge in [-0.05, 0) is 36.4 Å². The first-order chi connectivity index (χ1) is 13.3. The van der Waals surface area contributed by atoms with E-state index in [0.717, 1.165) is 23.0 Å². The lowest BCUT2D eigenvalue weighted by Crippen LogP contribution is -2.36. The van der Waals surface area contributed by atoms with Gasteiger partial charge in [-0.25, -0.2) is 0 Å². The number of amides is 1. The standard InChI is InChI=1S/C20H19F3N2O3/c1-25-17-5-3-2-4-13(17)10-18(25)19(27)24-11-15(26)12-28-16-8-6-14(7-9-16)20(21,22)23/h2-10,15,26H,11-12H2,1H3,(H,24,27). The molecule has 1 unspecified atom stereocenters. The average molecular weight is 392 g/mol. The lowest BCUT2D eigenvalue weighted by atomic mass is 10.2. The van der Waals surface area contributed by atoms with Gasteiger partial charge in [0.2, 0.25) is 0 Å². The van der Waals surface area contributed by atoms with Gasteiger partial charge in [0.1, 0.15) is 24.2 Å². The van der Waals surface area contributed by atoms with Gasteiger partial charge in [-0.2, -0.15) is 13.2 Å². The molecule has 1 heterocycles. The van der Waals surface area contributed by atoms with Crippen molar-refractivity contribution in [1.29, 1.82) is 0 Å². The number of aliphatic hydroxyl groups is 1. The number of hydrogen-bond donors (Lipinski definition) is 2. The van der Waals surface area contributed by atoms with E-state index >= 15 is 0 Å². The Morgan fingerprint density at radius 2 is 1.86 bits per heavy atom. The van der Waals surface area contributed by atoms with Gasteiger partial charge in [-0.15, -0.1) is 0 Å². The topological polar surface area (TPSA) is 63.5 Å². The molecule has 0 radical (unpaired) electrons. The molecule has 28 heavy (non-hydrogen) atoms. The fourth-order valence-corrected chi connectivity index (χ4v) is 2.80. The van der Waals surface area contributed by atoms with Crippen LogP contribution in [0, 0.1) is 0 Å². The number of fused-ring (bicyclic) bond motifs is 1. The van der Waals surface area contributed by atoms with Gasteiger partial charge in [0.25, 0.3) is 5.91 Å². The zero-order chi connectivity index (χ0) is 20.3. The zero-order valence-electron chi connectivity index (χ0n) is 15.0. The molecule has 0 aliphatic carbocycles. The van der Waals surface area contributed by atoms with E-state index in [1.54, 1.807) is 17.7 Å². The van der Waals surface area contributed by atoms with Crippen LogP contribution in [0.15, 0.2) is 54.6 Å². The number of aromatic nitrogens is 1. The maximum atomic E-state index is 12.5. The Bertz CT molecular complexity index is 965. The third kappa shape index (κ3) is 4.45. The van der Waals surface area contributed by atoms with Crippen molar-refractivity contribution in [3.63, 3.8) is 0 Å². The lowest BCUT2D eigenvalue weighted by molar-refractivity contribution is -0.137. The van der Waals surface area contributed by atoms with E-state index in [0.29, 0.717) is 5.69 Å². The second-order valence-electron chi connectivity index (χ2n) is 6.34. The number of ether oxygens (including phenoxy) is 1. The molecule has 3 aromatic rings. The van der Waals surface area contributed by atoms with E-state index in [4.69, 9.17) is 4.74 Å². The predicted molar refractivity (Wildman–Crippen MR) is 98.2 cm³/mol. The minimum Gasteiger partial charge on any atom is -0.491 e. The number of carbonyl (C=O) groups excluding carboxylic acids is 1. The number of rotatable bonds is 6. The molecule has 148 valence electrons. The van der Waals surface area contributed by atoms with Crippen LogP contribution in [0.25, 0.3) is 10.9 Å². The van der Waals surface area contributed by atoms with Crippen LogP contribution >= 0.6 is 0 Å². The summed E-state index contributed by atoms with van der Waals surface area (Å²) in [6.07, 6.45) is -5.43. The minimum absolute atomic E-state index is 0.0546. The van der Waals surface area contributed by atoms with E-state index in [1.807, 2.05) is 24.3 Å². The van der Waals surface area contributed by atoms with Gasteiger partial charge in [0.15, 0.2) is 0 Å². The molecule has 5 nitrogen and oxygen atoms in total. The summed E-state index contributed by atoms with van der Waals surface area (Å²) in [7, 11) is 1.78. The van der Waals surface area contributed by atoms with E-state index in [2.05, 4.69) is 5.32 Å². The number of aliphatic hydroxyl groups excluding tert-OH is 1. The first-order valence-corrected chi connectivity index (χ1v) is 8.56. The minimum atomic E-state index is -4.41. The Balaban J connectivity index is 1.51. The van der Waals surface area contributed by atoms with E-state index in [1.165, 1.54) is 12.1 Å².